The lowest BCUT2D eigenvalue weighted by molar-refractivity contribution is 0.184. The molecule has 1 N–H and O–H groups in total. The molecule has 3 rings (SSSR count). The summed E-state index contributed by atoms with van der Waals surface area (Å²) in [5.74, 6) is -0.369. The second-order valence-corrected chi connectivity index (χ2v) is 9.99. The first kappa shape index (κ1) is 18.7. The van der Waals surface area contributed by atoms with Crippen LogP contribution in [-0.2, 0) is 19.9 Å². The summed E-state index contributed by atoms with van der Waals surface area (Å²) in [5.41, 5.74) is 0.260. The van der Waals surface area contributed by atoms with Gasteiger partial charge in [0.05, 0.1) is 41.3 Å². The third-order valence-corrected chi connectivity index (χ3v) is 7.79. The molecule has 7 nitrogen and oxygen atoms in total. The topological polar surface area (TPSA) is 101 Å². The first-order chi connectivity index (χ1) is 12.2. The van der Waals surface area contributed by atoms with E-state index in [9.17, 15) is 21.9 Å². The van der Waals surface area contributed by atoms with E-state index in [1.165, 1.54) is 31.4 Å². The molecule has 0 bridgehead atoms. The molecule has 0 saturated carbocycles. The van der Waals surface area contributed by atoms with Crippen LogP contribution in [0.3, 0.4) is 0 Å². The van der Waals surface area contributed by atoms with E-state index in [1.54, 1.807) is 30.3 Å². The summed E-state index contributed by atoms with van der Waals surface area (Å²) in [6.07, 6.45) is -1.31. The van der Waals surface area contributed by atoms with Crippen molar-refractivity contribution < 1.29 is 26.7 Å². The Bertz CT molecular complexity index is 972. The Morgan fingerprint density at radius 3 is 2.15 bits per heavy atom. The lowest BCUT2D eigenvalue weighted by Crippen LogP contribution is -2.47. The molecule has 140 valence electrons. The van der Waals surface area contributed by atoms with Gasteiger partial charge in [0.1, 0.15) is 5.75 Å². The molecule has 1 fully saturated rings. The number of benzene rings is 2. The number of ether oxygens (including phenoxy) is 1. The van der Waals surface area contributed by atoms with Crippen LogP contribution in [0.1, 0.15) is 0 Å². The molecule has 0 spiro atoms. The molecule has 0 aliphatic carbocycles. The second kappa shape index (κ2) is 6.90. The van der Waals surface area contributed by atoms with Crippen molar-refractivity contribution in [1.29, 1.82) is 0 Å². The van der Waals surface area contributed by atoms with Crippen LogP contribution < -0.4 is 9.04 Å². The highest BCUT2D eigenvalue weighted by molar-refractivity contribution is 7.93. The number of methoxy groups -OCH3 is 1. The van der Waals surface area contributed by atoms with Crippen LogP contribution in [0.25, 0.3) is 0 Å². The van der Waals surface area contributed by atoms with Gasteiger partial charge in [-0.05, 0) is 36.4 Å². The smallest absolute Gasteiger partial charge is 0.264 e. The molecule has 1 aliphatic heterocycles. The van der Waals surface area contributed by atoms with Crippen LogP contribution in [0.2, 0.25) is 0 Å². The largest absolute Gasteiger partial charge is 0.497 e. The van der Waals surface area contributed by atoms with Gasteiger partial charge in [-0.3, -0.25) is 4.31 Å². The Morgan fingerprint density at radius 1 is 1.04 bits per heavy atom. The molecule has 1 aliphatic rings. The molecule has 2 aromatic rings. The number of nitrogens with zero attached hydrogens (tertiary/aromatic N) is 1. The number of sulfone groups is 1. The molecule has 0 aromatic heterocycles. The van der Waals surface area contributed by atoms with E-state index < -0.39 is 43.5 Å². The molecule has 26 heavy (non-hydrogen) atoms. The van der Waals surface area contributed by atoms with Crippen molar-refractivity contribution in [3.05, 3.63) is 54.6 Å². The summed E-state index contributed by atoms with van der Waals surface area (Å²) in [6.45, 7) is 0. The number of hydrogen-bond acceptors (Lipinski definition) is 6. The van der Waals surface area contributed by atoms with E-state index in [1.807, 2.05) is 0 Å². The van der Waals surface area contributed by atoms with Gasteiger partial charge in [-0.1, -0.05) is 18.2 Å². The SMILES string of the molecule is COc1ccc(N(C2CS(=O)(=O)CC2O)S(=O)(=O)c2ccccc2)cc1. The van der Waals surface area contributed by atoms with Crippen molar-refractivity contribution >= 4 is 25.5 Å². The van der Waals surface area contributed by atoms with Gasteiger partial charge in [0.15, 0.2) is 9.84 Å². The summed E-state index contributed by atoms with van der Waals surface area (Å²) >= 11 is 0. The fraction of sp³-hybridized carbons (Fsp3) is 0.294. The lowest BCUT2D eigenvalue weighted by Gasteiger charge is -2.31. The Hall–Kier alpha value is -2.10. The van der Waals surface area contributed by atoms with E-state index in [4.69, 9.17) is 4.74 Å². The third kappa shape index (κ3) is 3.55. The van der Waals surface area contributed by atoms with Crippen molar-refractivity contribution in [2.24, 2.45) is 0 Å². The van der Waals surface area contributed by atoms with E-state index in [0.29, 0.717) is 5.75 Å². The molecular weight excluding hydrogens is 378 g/mol. The minimum Gasteiger partial charge on any atom is -0.497 e. The average molecular weight is 397 g/mol. The fourth-order valence-corrected chi connectivity index (χ4v) is 6.54. The molecule has 0 radical (unpaired) electrons. The zero-order valence-corrected chi connectivity index (χ0v) is 15.7. The van der Waals surface area contributed by atoms with Gasteiger partial charge in [-0.15, -0.1) is 0 Å². The Labute approximate surface area is 152 Å². The summed E-state index contributed by atoms with van der Waals surface area (Å²) < 4.78 is 56.4. The molecule has 9 heteroatoms. The van der Waals surface area contributed by atoms with E-state index in [-0.39, 0.29) is 10.6 Å². The quantitative estimate of drug-likeness (QED) is 0.809. The second-order valence-electron chi connectivity index (χ2n) is 6.02. The molecule has 2 atom stereocenters. The summed E-state index contributed by atoms with van der Waals surface area (Å²) in [7, 11) is -6.12. The van der Waals surface area contributed by atoms with E-state index in [0.717, 1.165) is 4.31 Å². The monoisotopic (exact) mass is 397 g/mol. The van der Waals surface area contributed by atoms with Gasteiger partial charge in [0.25, 0.3) is 10.0 Å². The Kier molecular flexibility index (Phi) is 4.96. The highest BCUT2D eigenvalue weighted by Crippen LogP contribution is 2.32. The van der Waals surface area contributed by atoms with Gasteiger partial charge >= 0.3 is 0 Å². The van der Waals surface area contributed by atoms with Crippen LogP contribution in [0.5, 0.6) is 5.75 Å². The van der Waals surface area contributed by atoms with Gasteiger partial charge in [-0.2, -0.15) is 0 Å². The zero-order valence-electron chi connectivity index (χ0n) is 14.0. The molecule has 2 aromatic carbocycles. The van der Waals surface area contributed by atoms with Crippen molar-refractivity contribution in [3.8, 4) is 5.75 Å². The minimum atomic E-state index is -4.07. The Balaban J connectivity index is 2.13. The van der Waals surface area contributed by atoms with Crippen molar-refractivity contribution in [2.45, 2.75) is 17.0 Å². The number of aliphatic hydroxyl groups is 1. The first-order valence-electron chi connectivity index (χ1n) is 7.86. The Morgan fingerprint density at radius 2 is 1.65 bits per heavy atom. The molecular formula is C17H19NO6S2. The van der Waals surface area contributed by atoms with Gasteiger partial charge < -0.3 is 9.84 Å². The molecule has 2 unspecified atom stereocenters. The fourth-order valence-electron chi connectivity index (χ4n) is 2.98. The van der Waals surface area contributed by atoms with Crippen LogP contribution in [0, 0.1) is 0 Å². The van der Waals surface area contributed by atoms with Gasteiger partial charge in [0.2, 0.25) is 0 Å². The maximum Gasteiger partial charge on any atom is 0.264 e. The van der Waals surface area contributed by atoms with Crippen LogP contribution >= 0.6 is 0 Å². The predicted octanol–water partition coefficient (Wildman–Crippen LogP) is 1.05. The number of hydrogen-bond donors (Lipinski definition) is 1. The summed E-state index contributed by atoms with van der Waals surface area (Å²) in [4.78, 5) is 0.0207. The summed E-state index contributed by atoms with van der Waals surface area (Å²) in [6, 6.07) is 12.8. The van der Waals surface area contributed by atoms with E-state index in [2.05, 4.69) is 0 Å². The number of anilines is 1. The number of sulfonamides is 1. The summed E-state index contributed by atoms with van der Waals surface area (Å²) in [5, 5.41) is 10.3. The van der Waals surface area contributed by atoms with Crippen molar-refractivity contribution in [3.63, 3.8) is 0 Å². The lowest BCUT2D eigenvalue weighted by atomic mass is 10.2. The van der Waals surface area contributed by atoms with Crippen molar-refractivity contribution in [2.75, 3.05) is 22.9 Å². The molecule has 1 saturated heterocycles. The van der Waals surface area contributed by atoms with Crippen LogP contribution in [-0.4, -0.2) is 52.7 Å². The molecule has 0 amide bonds. The maximum absolute atomic E-state index is 13.2. The highest BCUT2D eigenvalue weighted by atomic mass is 32.2. The zero-order chi connectivity index (χ0) is 18.9. The van der Waals surface area contributed by atoms with Gasteiger partial charge in [-0.25, -0.2) is 16.8 Å². The number of aliphatic hydroxyl groups excluding tert-OH is 1. The van der Waals surface area contributed by atoms with Crippen LogP contribution in [0.15, 0.2) is 59.5 Å². The average Bonchev–Trinajstić information content (AvgIpc) is 2.88. The maximum atomic E-state index is 13.2. The number of rotatable bonds is 5. The standard InChI is InChI=1S/C17H19NO6S2/c1-24-14-9-7-13(8-10-14)18(16-11-25(20,21)12-17(16)19)26(22,23)15-5-3-2-4-6-15/h2-10,16-17,19H,11-12H2,1H3. The third-order valence-electron chi connectivity index (χ3n) is 4.22. The first-order valence-corrected chi connectivity index (χ1v) is 11.1. The highest BCUT2D eigenvalue weighted by Gasteiger charge is 2.45. The van der Waals surface area contributed by atoms with Crippen molar-refractivity contribution in [1.82, 2.24) is 0 Å². The predicted molar refractivity (Wildman–Crippen MR) is 97.5 cm³/mol. The van der Waals surface area contributed by atoms with Crippen LogP contribution in [0.4, 0.5) is 5.69 Å². The van der Waals surface area contributed by atoms with Gasteiger partial charge in [0, 0.05) is 0 Å². The van der Waals surface area contributed by atoms with E-state index >= 15 is 0 Å². The minimum absolute atomic E-state index is 0.0207. The molecule has 1 heterocycles. The normalized spacial score (nSPS) is 22.1.